The Hall–Kier alpha value is -0.301. The molecule has 54 valence electrons. The monoisotopic (exact) mass is 202 g/mol. The van der Waals surface area contributed by atoms with Crippen LogP contribution in [-0.4, -0.2) is 25.1 Å². The van der Waals surface area contributed by atoms with Crippen molar-refractivity contribution >= 4 is 19.4 Å². The molecule has 0 aromatic heterocycles. The molecule has 0 spiro atoms. The number of aliphatic hydroxyl groups is 1. The first-order valence-corrected chi connectivity index (χ1v) is 5.03. The molecule has 0 heterocycles. The molecule has 1 unspecified atom stereocenters. The molecule has 0 aliphatic heterocycles. The summed E-state index contributed by atoms with van der Waals surface area (Å²) < 4.78 is 1.25. The van der Waals surface area contributed by atoms with Crippen molar-refractivity contribution in [3.8, 4) is 0 Å². The van der Waals surface area contributed by atoms with Crippen molar-refractivity contribution in [2.75, 3.05) is 0 Å². The number of hydrogen-bond donors (Lipinski definition) is 1. The normalized spacial score (nSPS) is 13.0. The van der Waals surface area contributed by atoms with Gasteiger partial charge in [0.15, 0.2) is 0 Å². The molecule has 1 aromatic rings. The molecule has 1 nitrogen and oxygen atoms in total. The second-order valence-corrected chi connectivity index (χ2v) is 4.95. The summed E-state index contributed by atoms with van der Waals surface area (Å²) in [5, 5.41) is 8.86. The summed E-state index contributed by atoms with van der Waals surface area (Å²) in [5.74, 6) is 0. The Morgan fingerprint density at radius 3 is 2.40 bits per heavy atom. The van der Waals surface area contributed by atoms with Gasteiger partial charge in [-0.2, -0.15) is 0 Å². The van der Waals surface area contributed by atoms with Gasteiger partial charge in [0.05, 0.1) is 0 Å². The van der Waals surface area contributed by atoms with Gasteiger partial charge in [-0.3, -0.25) is 0 Å². The van der Waals surface area contributed by atoms with Gasteiger partial charge in [0.25, 0.3) is 0 Å². The van der Waals surface area contributed by atoms with Crippen molar-refractivity contribution in [2.45, 2.75) is 11.9 Å². The summed E-state index contributed by atoms with van der Waals surface area (Å²) in [6.07, 6.45) is 0. The van der Waals surface area contributed by atoms with Crippen LogP contribution in [0.15, 0.2) is 30.3 Å². The van der Waals surface area contributed by atoms with Crippen LogP contribution in [0.3, 0.4) is 0 Å². The fraction of sp³-hybridized carbons (Fsp3) is 0.250. The average molecular weight is 201 g/mol. The van der Waals surface area contributed by atoms with E-state index in [4.69, 9.17) is 5.11 Å². The second-order valence-electron chi connectivity index (χ2n) is 2.03. The summed E-state index contributed by atoms with van der Waals surface area (Å²) in [4.78, 5) is 0. The Bertz CT molecular complexity index is 184. The molecular formula is C8H10OSe. The molecule has 0 radical (unpaired) electrons. The maximum atomic E-state index is 9.03. The minimum atomic E-state index is -0.171. The maximum absolute atomic E-state index is 9.03. The first-order chi connectivity index (χ1) is 4.79. The number of hydrogen-bond acceptors (Lipinski definition) is 1. The Morgan fingerprint density at radius 1 is 1.30 bits per heavy atom. The van der Waals surface area contributed by atoms with Crippen molar-refractivity contribution in [3.05, 3.63) is 30.3 Å². The van der Waals surface area contributed by atoms with E-state index in [9.17, 15) is 0 Å². The van der Waals surface area contributed by atoms with Crippen molar-refractivity contribution < 1.29 is 5.11 Å². The van der Waals surface area contributed by atoms with E-state index in [0.29, 0.717) is 0 Å². The Kier molecular flexibility index (Phi) is 2.94. The summed E-state index contributed by atoms with van der Waals surface area (Å²) in [6, 6.07) is 10.1. The Balaban J connectivity index is 2.59. The zero-order valence-corrected chi connectivity index (χ0v) is 7.53. The molecule has 1 rings (SSSR count). The Labute approximate surface area is 67.2 Å². The number of aliphatic hydroxyl groups excluding tert-OH is 1. The molecule has 1 aromatic carbocycles. The van der Waals surface area contributed by atoms with Crippen molar-refractivity contribution in [2.24, 2.45) is 0 Å². The number of rotatable bonds is 2. The predicted octanol–water partition coefficient (Wildman–Crippen LogP) is 0.354. The molecule has 0 aliphatic rings. The third-order valence-electron chi connectivity index (χ3n) is 1.05. The van der Waals surface area contributed by atoms with Crippen molar-refractivity contribution in [3.63, 3.8) is 0 Å². The van der Waals surface area contributed by atoms with Gasteiger partial charge in [0.1, 0.15) is 0 Å². The van der Waals surface area contributed by atoms with Crippen LogP contribution in [0.2, 0.25) is 0 Å². The van der Waals surface area contributed by atoms with Gasteiger partial charge in [-0.1, -0.05) is 0 Å². The summed E-state index contributed by atoms with van der Waals surface area (Å²) in [6.45, 7) is 1.83. The zero-order valence-electron chi connectivity index (χ0n) is 5.82. The van der Waals surface area contributed by atoms with E-state index in [1.165, 1.54) is 4.46 Å². The topological polar surface area (TPSA) is 20.2 Å². The summed E-state index contributed by atoms with van der Waals surface area (Å²) in [5.41, 5.74) is 0. The first-order valence-electron chi connectivity index (χ1n) is 3.19. The van der Waals surface area contributed by atoms with Crippen LogP contribution in [0.5, 0.6) is 0 Å². The molecule has 1 N–H and O–H groups in total. The fourth-order valence-corrected chi connectivity index (χ4v) is 2.18. The predicted molar refractivity (Wildman–Crippen MR) is 43.5 cm³/mol. The van der Waals surface area contributed by atoms with Gasteiger partial charge < -0.3 is 0 Å². The molecule has 10 heavy (non-hydrogen) atoms. The van der Waals surface area contributed by atoms with Gasteiger partial charge >= 0.3 is 66.8 Å². The van der Waals surface area contributed by atoms with Gasteiger partial charge in [-0.05, 0) is 0 Å². The molecule has 0 aliphatic carbocycles. The number of benzene rings is 1. The van der Waals surface area contributed by atoms with E-state index in [1.807, 2.05) is 37.3 Å². The van der Waals surface area contributed by atoms with Crippen LogP contribution < -0.4 is 4.46 Å². The molecule has 0 saturated heterocycles. The molecular weight excluding hydrogens is 191 g/mol. The SMILES string of the molecule is CC(O)[Se]c1ccccc1. The van der Waals surface area contributed by atoms with E-state index >= 15 is 0 Å². The third kappa shape index (κ3) is 2.52. The van der Waals surface area contributed by atoms with Gasteiger partial charge in [-0.15, -0.1) is 0 Å². The van der Waals surface area contributed by atoms with Gasteiger partial charge in [0, 0.05) is 0 Å². The summed E-state index contributed by atoms with van der Waals surface area (Å²) >= 11 is 0.223. The fourth-order valence-electron chi connectivity index (χ4n) is 0.696. The molecule has 0 saturated carbocycles. The van der Waals surface area contributed by atoms with E-state index in [1.54, 1.807) is 0 Å². The van der Waals surface area contributed by atoms with Crippen LogP contribution in [0.4, 0.5) is 0 Å². The molecule has 0 bridgehead atoms. The van der Waals surface area contributed by atoms with Gasteiger partial charge in [-0.25, -0.2) is 0 Å². The Morgan fingerprint density at radius 2 is 1.90 bits per heavy atom. The van der Waals surface area contributed by atoms with Crippen LogP contribution in [0.1, 0.15) is 6.92 Å². The third-order valence-corrected chi connectivity index (χ3v) is 2.91. The quantitative estimate of drug-likeness (QED) is 0.685. The molecule has 0 amide bonds. The second kappa shape index (κ2) is 3.77. The van der Waals surface area contributed by atoms with E-state index < -0.39 is 0 Å². The minimum absolute atomic E-state index is 0.171. The molecule has 0 fully saturated rings. The van der Waals surface area contributed by atoms with Crippen molar-refractivity contribution in [1.29, 1.82) is 0 Å². The van der Waals surface area contributed by atoms with Crippen molar-refractivity contribution in [1.82, 2.24) is 0 Å². The van der Waals surface area contributed by atoms with E-state index in [-0.39, 0.29) is 20.0 Å². The zero-order chi connectivity index (χ0) is 7.40. The molecule has 2 heteroatoms. The average Bonchev–Trinajstić information content (AvgIpc) is 1.88. The first kappa shape index (κ1) is 7.80. The standard InChI is InChI=1S/C8H10OSe/c1-7(9)10-8-5-3-2-4-6-8/h2-7,9H,1H3. The van der Waals surface area contributed by atoms with Gasteiger partial charge in [0.2, 0.25) is 0 Å². The van der Waals surface area contributed by atoms with E-state index in [2.05, 4.69) is 0 Å². The van der Waals surface area contributed by atoms with Crippen LogP contribution in [0.25, 0.3) is 0 Å². The van der Waals surface area contributed by atoms with Crippen LogP contribution in [0, 0.1) is 0 Å². The van der Waals surface area contributed by atoms with E-state index in [0.717, 1.165) is 0 Å². The summed E-state index contributed by atoms with van der Waals surface area (Å²) in [7, 11) is 0. The van der Waals surface area contributed by atoms with Crippen LogP contribution >= 0.6 is 0 Å². The molecule has 1 atom stereocenters. The van der Waals surface area contributed by atoms with Crippen LogP contribution in [-0.2, 0) is 0 Å².